The molecular weight excluding hydrogens is 284 g/mol. The van der Waals surface area contributed by atoms with Crippen molar-refractivity contribution in [3.8, 4) is 0 Å². The number of nitrogens with two attached hydrogens (primary N) is 1. The molecule has 1 aromatic rings. The number of aryl methyl sites for hydroxylation is 1. The number of benzene rings is 1. The summed E-state index contributed by atoms with van der Waals surface area (Å²) in [5.41, 5.74) is 7.56. The van der Waals surface area contributed by atoms with Crippen molar-refractivity contribution in [2.75, 3.05) is 6.54 Å². The zero-order valence-corrected chi connectivity index (χ0v) is 13.7. The number of hydrogen-bond acceptors (Lipinski definition) is 3. The van der Waals surface area contributed by atoms with Gasteiger partial charge in [-0.05, 0) is 54.9 Å². The fourth-order valence-corrected chi connectivity index (χ4v) is 4.05. The van der Waals surface area contributed by atoms with E-state index < -0.39 is 10.0 Å². The maximum Gasteiger partial charge on any atom is 0.240 e. The first-order valence-corrected chi connectivity index (χ1v) is 9.20. The van der Waals surface area contributed by atoms with E-state index >= 15 is 0 Å². The van der Waals surface area contributed by atoms with Crippen LogP contribution in [0.1, 0.15) is 43.7 Å². The van der Waals surface area contributed by atoms with Gasteiger partial charge in [-0.3, -0.25) is 0 Å². The van der Waals surface area contributed by atoms with E-state index in [0.29, 0.717) is 23.9 Å². The molecule has 0 atom stereocenters. The molecule has 1 saturated carbocycles. The summed E-state index contributed by atoms with van der Waals surface area (Å²) in [6, 6.07) is 5.15. The van der Waals surface area contributed by atoms with Crippen LogP contribution < -0.4 is 10.5 Å². The molecule has 0 unspecified atom stereocenters. The van der Waals surface area contributed by atoms with Crippen molar-refractivity contribution >= 4 is 10.0 Å². The van der Waals surface area contributed by atoms with Gasteiger partial charge in [0.1, 0.15) is 0 Å². The minimum absolute atomic E-state index is 0.317. The fourth-order valence-electron chi connectivity index (χ4n) is 2.88. The molecule has 0 amide bonds. The topological polar surface area (TPSA) is 72.2 Å². The molecule has 0 bridgehead atoms. The van der Waals surface area contributed by atoms with Crippen molar-refractivity contribution in [2.24, 2.45) is 17.6 Å². The molecule has 1 aromatic carbocycles. The maximum absolute atomic E-state index is 12.4. The van der Waals surface area contributed by atoms with Gasteiger partial charge >= 0.3 is 0 Å². The summed E-state index contributed by atoms with van der Waals surface area (Å²) in [4.78, 5) is 0.317. The Morgan fingerprint density at radius 2 is 1.90 bits per heavy atom. The lowest BCUT2D eigenvalue weighted by Gasteiger charge is -2.26. The average molecular weight is 310 g/mol. The van der Waals surface area contributed by atoms with Crippen LogP contribution in [0.2, 0.25) is 0 Å². The third-order valence-electron chi connectivity index (χ3n) is 4.55. The Kier molecular flexibility index (Phi) is 5.41. The van der Waals surface area contributed by atoms with E-state index in [1.165, 1.54) is 12.8 Å². The SMILES string of the molecule is Cc1ccc(S(=O)(=O)NCC2CCC(C)CC2)cc1CN. The fraction of sp³-hybridized carbons (Fsp3) is 0.625. The van der Waals surface area contributed by atoms with Crippen LogP contribution in [0.5, 0.6) is 0 Å². The van der Waals surface area contributed by atoms with Crippen LogP contribution >= 0.6 is 0 Å². The quantitative estimate of drug-likeness (QED) is 0.878. The molecule has 0 aliphatic heterocycles. The van der Waals surface area contributed by atoms with E-state index in [-0.39, 0.29) is 0 Å². The Bertz CT molecular complexity index is 576. The molecule has 1 aliphatic carbocycles. The molecule has 0 heterocycles. The minimum atomic E-state index is -3.43. The Hall–Kier alpha value is -0.910. The van der Waals surface area contributed by atoms with E-state index in [2.05, 4.69) is 11.6 Å². The van der Waals surface area contributed by atoms with E-state index in [1.54, 1.807) is 12.1 Å². The van der Waals surface area contributed by atoms with E-state index in [0.717, 1.165) is 29.9 Å². The first-order valence-electron chi connectivity index (χ1n) is 7.71. The van der Waals surface area contributed by atoms with Gasteiger partial charge in [-0.1, -0.05) is 25.8 Å². The van der Waals surface area contributed by atoms with Gasteiger partial charge in [0.05, 0.1) is 4.90 Å². The second-order valence-electron chi connectivity index (χ2n) is 6.27. The highest BCUT2D eigenvalue weighted by atomic mass is 32.2. The zero-order valence-electron chi connectivity index (χ0n) is 12.9. The molecule has 1 fully saturated rings. The smallest absolute Gasteiger partial charge is 0.240 e. The van der Waals surface area contributed by atoms with Gasteiger partial charge in [0.2, 0.25) is 10.0 Å². The van der Waals surface area contributed by atoms with Crippen molar-refractivity contribution in [2.45, 2.75) is 51.0 Å². The van der Waals surface area contributed by atoms with Gasteiger partial charge in [-0.25, -0.2) is 13.1 Å². The summed E-state index contributed by atoms with van der Waals surface area (Å²) in [7, 11) is -3.43. The zero-order chi connectivity index (χ0) is 15.5. The van der Waals surface area contributed by atoms with Crippen LogP contribution in [0.25, 0.3) is 0 Å². The molecule has 3 N–H and O–H groups in total. The highest BCUT2D eigenvalue weighted by Crippen LogP contribution is 2.28. The number of hydrogen-bond donors (Lipinski definition) is 2. The molecule has 0 radical (unpaired) electrons. The molecule has 5 heteroatoms. The summed E-state index contributed by atoms with van der Waals surface area (Å²) in [6.07, 6.45) is 4.64. The molecule has 2 rings (SSSR count). The summed E-state index contributed by atoms with van der Waals surface area (Å²) in [5.74, 6) is 1.25. The summed E-state index contributed by atoms with van der Waals surface area (Å²) in [6.45, 7) is 5.10. The van der Waals surface area contributed by atoms with Crippen LogP contribution in [0.3, 0.4) is 0 Å². The van der Waals surface area contributed by atoms with Crippen LogP contribution in [-0.4, -0.2) is 15.0 Å². The summed E-state index contributed by atoms with van der Waals surface area (Å²) < 4.78 is 27.5. The first kappa shape index (κ1) is 16.5. The van der Waals surface area contributed by atoms with Gasteiger partial charge in [0, 0.05) is 13.1 Å². The lowest BCUT2D eigenvalue weighted by molar-refractivity contribution is 0.290. The minimum Gasteiger partial charge on any atom is -0.326 e. The molecule has 0 saturated heterocycles. The normalized spacial score (nSPS) is 23.2. The lowest BCUT2D eigenvalue weighted by Crippen LogP contribution is -2.31. The largest absolute Gasteiger partial charge is 0.326 e. The van der Waals surface area contributed by atoms with Crippen molar-refractivity contribution in [3.05, 3.63) is 29.3 Å². The van der Waals surface area contributed by atoms with Crippen LogP contribution in [0.15, 0.2) is 23.1 Å². The molecule has 21 heavy (non-hydrogen) atoms. The summed E-state index contributed by atoms with van der Waals surface area (Å²) in [5, 5.41) is 0. The number of nitrogens with one attached hydrogen (secondary N) is 1. The van der Waals surface area contributed by atoms with Gasteiger partial charge in [-0.2, -0.15) is 0 Å². The number of sulfonamides is 1. The highest BCUT2D eigenvalue weighted by molar-refractivity contribution is 7.89. The van der Waals surface area contributed by atoms with Crippen LogP contribution in [0, 0.1) is 18.8 Å². The van der Waals surface area contributed by atoms with Crippen LogP contribution in [0.4, 0.5) is 0 Å². The second kappa shape index (κ2) is 6.90. The molecule has 1 aliphatic rings. The van der Waals surface area contributed by atoms with Crippen molar-refractivity contribution in [1.29, 1.82) is 0 Å². The maximum atomic E-state index is 12.4. The molecule has 0 spiro atoms. The van der Waals surface area contributed by atoms with E-state index in [4.69, 9.17) is 5.73 Å². The van der Waals surface area contributed by atoms with Crippen molar-refractivity contribution in [3.63, 3.8) is 0 Å². The van der Waals surface area contributed by atoms with Gasteiger partial charge < -0.3 is 5.73 Å². The van der Waals surface area contributed by atoms with E-state index in [9.17, 15) is 8.42 Å². The van der Waals surface area contributed by atoms with Gasteiger partial charge in [0.25, 0.3) is 0 Å². The third kappa shape index (κ3) is 4.28. The predicted molar refractivity (Wildman–Crippen MR) is 85.4 cm³/mol. The Morgan fingerprint density at radius 3 is 2.52 bits per heavy atom. The second-order valence-corrected chi connectivity index (χ2v) is 8.04. The average Bonchev–Trinajstić information content (AvgIpc) is 2.47. The van der Waals surface area contributed by atoms with Gasteiger partial charge in [-0.15, -0.1) is 0 Å². The summed E-state index contributed by atoms with van der Waals surface area (Å²) >= 11 is 0. The highest BCUT2D eigenvalue weighted by Gasteiger charge is 2.21. The molecule has 4 nitrogen and oxygen atoms in total. The predicted octanol–water partition coefficient (Wildman–Crippen LogP) is 2.56. The monoisotopic (exact) mass is 310 g/mol. The Balaban J connectivity index is 2.01. The van der Waals surface area contributed by atoms with Crippen LogP contribution in [-0.2, 0) is 16.6 Å². The Labute approximate surface area is 128 Å². The third-order valence-corrected chi connectivity index (χ3v) is 5.97. The van der Waals surface area contributed by atoms with Crippen molar-refractivity contribution < 1.29 is 8.42 Å². The van der Waals surface area contributed by atoms with Crippen molar-refractivity contribution in [1.82, 2.24) is 4.72 Å². The standard InChI is InChI=1S/C16H26N2O2S/c1-12-3-6-14(7-4-12)11-18-21(19,20)16-8-5-13(2)15(9-16)10-17/h5,8-9,12,14,18H,3-4,6-7,10-11,17H2,1-2H3. The Morgan fingerprint density at radius 1 is 1.24 bits per heavy atom. The molecular formula is C16H26N2O2S. The molecule has 0 aromatic heterocycles. The molecule has 118 valence electrons. The lowest BCUT2D eigenvalue weighted by atomic mass is 9.83. The first-order chi connectivity index (χ1) is 9.92. The van der Waals surface area contributed by atoms with E-state index in [1.807, 2.05) is 13.0 Å². The van der Waals surface area contributed by atoms with Gasteiger partial charge in [0.15, 0.2) is 0 Å². The number of rotatable bonds is 5.